The number of ketones is 1. The normalized spacial score (nSPS) is 11.6. The lowest BCUT2D eigenvalue weighted by Crippen LogP contribution is -2.13. The fourth-order valence-corrected chi connectivity index (χ4v) is 1.73. The van der Waals surface area contributed by atoms with Gasteiger partial charge in [-0.1, -0.05) is 26.0 Å². The zero-order chi connectivity index (χ0) is 13.4. The molecule has 0 heterocycles. The first kappa shape index (κ1) is 14.2. The highest BCUT2D eigenvalue weighted by Crippen LogP contribution is 2.20. The molecule has 0 aliphatic carbocycles. The van der Waals surface area contributed by atoms with E-state index in [0.29, 0.717) is 18.6 Å². The Labute approximate surface area is 108 Å². The van der Waals surface area contributed by atoms with Crippen molar-refractivity contribution < 1.29 is 9.53 Å². The van der Waals surface area contributed by atoms with Gasteiger partial charge < -0.3 is 4.74 Å². The number of hydrogen-bond donors (Lipinski definition) is 0. The van der Waals surface area contributed by atoms with E-state index >= 15 is 0 Å². The maximum Gasteiger partial charge on any atom is 0.167 e. The van der Waals surface area contributed by atoms with E-state index in [9.17, 15) is 4.79 Å². The minimum absolute atomic E-state index is 0.0287. The van der Waals surface area contributed by atoms with Crippen LogP contribution in [0.2, 0.25) is 0 Å². The van der Waals surface area contributed by atoms with E-state index in [2.05, 4.69) is 6.07 Å². The Morgan fingerprint density at radius 2 is 2.22 bits per heavy atom. The highest BCUT2D eigenvalue weighted by atomic mass is 16.5. The average molecular weight is 245 g/mol. The van der Waals surface area contributed by atoms with Crippen LogP contribution in [0.25, 0.3) is 0 Å². The van der Waals surface area contributed by atoms with E-state index in [1.54, 1.807) is 12.1 Å². The summed E-state index contributed by atoms with van der Waals surface area (Å²) in [5.74, 6) is 0.534. The molecule has 18 heavy (non-hydrogen) atoms. The van der Waals surface area contributed by atoms with Gasteiger partial charge in [0, 0.05) is 17.9 Å². The van der Waals surface area contributed by atoms with Crippen LogP contribution in [0, 0.1) is 17.2 Å². The fraction of sp³-hybridized carbons (Fsp3) is 0.467. The van der Waals surface area contributed by atoms with Crippen LogP contribution in [0.5, 0.6) is 5.75 Å². The third kappa shape index (κ3) is 3.89. The second kappa shape index (κ2) is 7.50. The van der Waals surface area contributed by atoms with Crippen molar-refractivity contribution in [1.82, 2.24) is 0 Å². The van der Waals surface area contributed by atoms with Crippen molar-refractivity contribution in [2.45, 2.75) is 33.1 Å². The second-order valence-corrected chi connectivity index (χ2v) is 4.21. The number of carbonyl (C=O) groups excluding carboxylic acids is 1. The molecule has 96 valence electrons. The van der Waals surface area contributed by atoms with Gasteiger partial charge in [0.15, 0.2) is 5.78 Å². The third-order valence-corrected chi connectivity index (χ3v) is 2.79. The molecule has 0 saturated carbocycles. The van der Waals surface area contributed by atoms with Gasteiger partial charge in [0.05, 0.1) is 12.7 Å². The molecule has 1 atom stereocenters. The lowest BCUT2D eigenvalue weighted by atomic mass is 9.93. The Bertz CT molecular complexity index is 434. The van der Waals surface area contributed by atoms with Crippen molar-refractivity contribution in [1.29, 1.82) is 5.26 Å². The summed E-state index contributed by atoms with van der Waals surface area (Å²) in [7, 11) is 0. The van der Waals surface area contributed by atoms with Crippen LogP contribution in [0.1, 0.15) is 43.5 Å². The molecule has 0 radical (unpaired) electrons. The summed E-state index contributed by atoms with van der Waals surface area (Å²) >= 11 is 0. The Morgan fingerprint density at radius 1 is 1.44 bits per heavy atom. The number of nitrogens with zero attached hydrogens (tertiary/aromatic N) is 1. The SMILES string of the molecule is CCCOc1cccc(C(=O)C(CC)CC#N)c1. The minimum Gasteiger partial charge on any atom is -0.494 e. The first-order valence-electron chi connectivity index (χ1n) is 6.36. The van der Waals surface area contributed by atoms with Crippen molar-refractivity contribution in [2.24, 2.45) is 5.92 Å². The fourth-order valence-electron chi connectivity index (χ4n) is 1.73. The molecule has 0 fully saturated rings. The van der Waals surface area contributed by atoms with E-state index in [1.807, 2.05) is 26.0 Å². The molecule has 0 aliphatic rings. The van der Waals surface area contributed by atoms with Gasteiger partial charge in [-0.25, -0.2) is 0 Å². The van der Waals surface area contributed by atoms with Crippen molar-refractivity contribution in [3.8, 4) is 11.8 Å². The molecule has 0 aromatic heterocycles. The topological polar surface area (TPSA) is 50.1 Å². The molecule has 0 aliphatic heterocycles. The summed E-state index contributed by atoms with van der Waals surface area (Å²) in [5, 5.41) is 8.71. The van der Waals surface area contributed by atoms with Crippen LogP contribution >= 0.6 is 0 Å². The zero-order valence-electron chi connectivity index (χ0n) is 11.0. The van der Waals surface area contributed by atoms with Crippen molar-refractivity contribution in [3.05, 3.63) is 29.8 Å². The molecular formula is C15H19NO2. The molecule has 3 nitrogen and oxygen atoms in total. The molecule has 1 aromatic carbocycles. The van der Waals surface area contributed by atoms with Gasteiger partial charge in [0.25, 0.3) is 0 Å². The molecule has 0 N–H and O–H groups in total. The monoisotopic (exact) mass is 245 g/mol. The largest absolute Gasteiger partial charge is 0.494 e. The van der Waals surface area contributed by atoms with Gasteiger partial charge >= 0.3 is 0 Å². The number of Topliss-reactive ketones (excluding diaryl/α,β-unsaturated/α-hetero) is 1. The van der Waals surface area contributed by atoms with E-state index in [0.717, 1.165) is 12.2 Å². The average Bonchev–Trinajstić information content (AvgIpc) is 2.42. The van der Waals surface area contributed by atoms with Crippen LogP contribution in [-0.4, -0.2) is 12.4 Å². The summed E-state index contributed by atoms with van der Waals surface area (Å²) in [6, 6.07) is 9.27. The Morgan fingerprint density at radius 3 is 2.83 bits per heavy atom. The molecule has 1 unspecified atom stereocenters. The van der Waals surface area contributed by atoms with Crippen LogP contribution in [-0.2, 0) is 0 Å². The smallest absolute Gasteiger partial charge is 0.167 e. The van der Waals surface area contributed by atoms with E-state index in [4.69, 9.17) is 10.00 Å². The summed E-state index contributed by atoms with van der Waals surface area (Å²) < 4.78 is 5.50. The van der Waals surface area contributed by atoms with Gasteiger partial charge in [-0.3, -0.25) is 4.79 Å². The standard InChI is InChI=1S/C15H19NO2/c1-3-10-18-14-7-5-6-13(11-14)15(17)12(4-2)8-9-16/h5-7,11-12H,3-4,8,10H2,1-2H3. The second-order valence-electron chi connectivity index (χ2n) is 4.21. The molecular weight excluding hydrogens is 226 g/mol. The predicted molar refractivity (Wildman–Crippen MR) is 70.6 cm³/mol. The molecule has 1 aromatic rings. The number of rotatable bonds is 7. The number of carbonyl (C=O) groups is 1. The molecule has 0 saturated heterocycles. The van der Waals surface area contributed by atoms with Gasteiger partial charge in [0.1, 0.15) is 5.75 Å². The van der Waals surface area contributed by atoms with Gasteiger partial charge in [0.2, 0.25) is 0 Å². The maximum atomic E-state index is 12.2. The van der Waals surface area contributed by atoms with Crippen LogP contribution < -0.4 is 4.74 Å². The summed E-state index contributed by atoms with van der Waals surface area (Å²) in [5.41, 5.74) is 0.630. The van der Waals surface area contributed by atoms with Gasteiger partial charge in [-0.2, -0.15) is 5.26 Å². The Balaban J connectivity index is 2.82. The lowest BCUT2D eigenvalue weighted by Gasteiger charge is -2.11. The van der Waals surface area contributed by atoms with Crippen molar-refractivity contribution in [3.63, 3.8) is 0 Å². The highest BCUT2D eigenvalue weighted by molar-refractivity contribution is 5.98. The van der Waals surface area contributed by atoms with Crippen LogP contribution in [0.4, 0.5) is 0 Å². The van der Waals surface area contributed by atoms with Crippen LogP contribution in [0.3, 0.4) is 0 Å². The van der Waals surface area contributed by atoms with Gasteiger partial charge in [-0.15, -0.1) is 0 Å². The summed E-state index contributed by atoms with van der Waals surface area (Å²) in [6.45, 7) is 4.61. The minimum atomic E-state index is -0.212. The predicted octanol–water partition coefficient (Wildman–Crippen LogP) is 3.60. The highest BCUT2D eigenvalue weighted by Gasteiger charge is 2.18. The number of nitriles is 1. The van der Waals surface area contributed by atoms with E-state index in [-0.39, 0.29) is 18.1 Å². The first-order valence-corrected chi connectivity index (χ1v) is 6.36. The number of ether oxygens (including phenoxy) is 1. The van der Waals surface area contributed by atoms with Gasteiger partial charge in [-0.05, 0) is 25.0 Å². The van der Waals surface area contributed by atoms with Crippen molar-refractivity contribution >= 4 is 5.78 Å². The summed E-state index contributed by atoms with van der Waals surface area (Å²) in [4.78, 5) is 12.2. The molecule has 0 amide bonds. The first-order chi connectivity index (χ1) is 8.72. The Kier molecular flexibility index (Phi) is 5.93. The van der Waals surface area contributed by atoms with E-state index < -0.39 is 0 Å². The van der Waals surface area contributed by atoms with Crippen molar-refractivity contribution in [2.75, 3.05) is 6.61 Å². The summed E-state index contributed by atoms with van der Waals surface area (Å²) in [6.07, 6.45) is 1.89. The lowest BCUT2D eigenvalue weighted by molar-refractivity contribution is 0.0918. The third-order valence-electron chi connectivity index (χ3n) is 2.79. The Hall–Kier alpha value is -1.82. The maximum absolute atomic E-state index is 12.2. The zero-order valence-corrected chi connectivity index (χ0v) is 11.0. The number of hydrogen-bond acceptors (Lipinski definition) is 3. The molecule has 1 rings (SSSR count). The molecule has 0 spiro atoms. The molecule has 3 heteroatoms. The van der Waals surface area contributed by atoms with Crippen LogP contribution in [0.15, 0.2) is 24.3 Å². The number of benzene rings is 1. The van der Waals surface area contributed by atoms with E-state index in [1.165, 1.54) is 0 Å². The quantitative estimate of drug-likeness (QED) is 0.690. The molecule has 0 bridgehead atoms.